The minimum Gasteiger partial charge on any atom is -0.493 e. The Hall–Kier alpha value is -7.15. The lowest BCUT2D eigenvalue weighted by Gasteiger charge is -2.19. The number of carbonyl (C=O) groups excluding carboxylic acids is 1. The minimum absolute atomic E-state index is 0.121. The highest BCUT2D eigenvalue weighted by Crippen LogP contribution is 2.23. The summed E-state index contributed by atoms with van der Waals surface area (Å²) in [4.78, 5) is 54.8. The maximum Gasteiger partial charge on any atom is 0.344 e. The minimum atomic E-state index is -1.04. The Bertz CT molecular complexity index is 2320. The number of carboxylic acids is 4. The fourth-order valence-electron chi connectivity index (χ4n) is 5.82. The van der Waals surface area contributed by atoms with E-state index in [0.29, 0.717) is 48.6 Å². The van der Waals surface area contributed by atoms with Gasteiger partial charge in [-0.05, 0) is 133 Å². The van der Waals surface area contributed by atoms with Crippen molar-refractivity contribution in [3.05, 3.63) is 153 Å². The van der Waals surface area contributed by atoms with E-state index in [0.717, 1.165) is 39.1 Å². The predicted molar refractivity (Wildman–Crippen MR) is 247 cm³/mol. The van der Waals surface area contributed by atoms with Gasteiger partial charge in [0.25, 0.3) is 5.91 Å². The molecule has 2 unspecified atom stereocenters. The van der Waals surface area contributed by atoms with Gasteiger partial charge < -0.3 is 40.0 Å². The molecule has 5 rings (SSSR count). The fraction of sp³-hybridized carbons (Fsp3) is 0.314. The van der Waals surface area contributed by atoms with Crippen molar-refractivity contribution in [3.8, 4) is 17.2 Å². The van der Waals surface area contributed by atoms with E-state index in [9.17, 15) is 24.0 Å². The van der Waals surface area contributed by atoms with Gasteiger partial charge in [0.1, 0.15) is 17.2 Å². The highest BCUT2D eigenvalue weighted by atomic mass is 16.5. The van der Waals surface area contributed by atoms with Crippen LogP contribution in [0.5, 0.6) is 17.2 Å². The Morgan fingerprint density at radius 3 is 1.41 bits per heavy atom. The number of benzene rings is 5. The van der Waals surface area contributed by atoms with Gasteiger partial charge in [-0.2, -0.15) is 0 Å². The summed E-state index contributed by atoms with van der Waals surface area (Å²) in [7, 11) is 0. The van der Waals surface area contributed by atoms with Crippen molar-refractivity contribution in [1.29, 1.82) is 0 Å². The molecule has 0 spiro atoms. The van der Waals surface area contributed by atoms with Gasteiger partial charge in [-0.25, -0.2) is 14.4 Å². The molecule has 13 heteroatoms. The van der Waals surface area contributed by atoms with E-state index in [1.165, 1.54) is 17.7 Å². The number of ether oxygens (including phenoxy) is 3. The van der Waals surface area contributed by atoms with Crippen LogP contribution in [0.15, 0.2) is 103 Å². The average Bonchev–Trinajstić information content (AvgIpc) is 3.23. The van der Waals surface area contributed by atoms with E-state index in [1.54, 1.807) is 43.3 Å². The van der Waals surface area contributed by atoms with Crippen LogP contribution in [0, 0.1) is 48.5 Å². The molecule has 0 saturated heterocycles. The van der Waals surface area contributed by atoms with Gasteiger partial charge in [-0.1, -0.05) is 90.7 Å². The quantitative estimate of drug-likeness (QED) is 0.0587. The van der Waals surface area contributed by atoms with Crippen LogP contribution in [-0.2, 0) is 14.4 Å². The topological polar surface area (TPSA) is 206 Å². The Balaban J connectivity index is 0.000000308. The van der Waals surface area contributed by atoms with Gasteiger partial charge in [-0.15, -0.1) is 0 Å². The normalized spacial score (nSPS) is 11.0. The second-order valence-corrected chi connectivity index (χ2v) is 15.1. The number of nitrogens with one attached hydrogen (secondary N) is 1. The van der Waals surface area contributed by atoms with Crippen LogP contribution in [0.4, 0.5) is 5.69 Å². The molecule has 0 radical (unpaired) electrons. The molecular formula is C51H61NO12. The lowest BCUT2D eigenvalue weighted by Crippen LogP contribution is -2.32. The molecule has 0 fully saturated rings. The summed E-state index contributed by atoms with van der Waals surface area (Å²) in [5, 5.41) is 37.5. The monoisotopic (exact) mass is 879 g/mol. The number of aliphatic carboxylic acids is 2. The molecule has 5 aromatic carbocycles. The molecule has 0 heterocycles. The number of aryl methyl sites for hydroxylation is 7. The molecule has 0 bridgehead atoms. The van der Waals surface area contributed by atoms with E-state index in [-0.39, 0.29) is 17.9 Å². The third-order valence-electron chi connectivity index (χ3n) is 9.31. The first-order valence-corrected chi connectivity index (χ1v) is 20.8. The molecule has 2 atom stereocenters. The summed E-state index contributed by atoms with van der Waals surface area (Å²) >= 11 is 0. The summed E-state index contributed by atoms with van der Waals surface area (Å²) in [6, 6.07) is 30.3. The molecule has 342 valence electrons. The van der Waals surface area contributed by atoms with Crippen molar-refractivity contribution in [2.45, 2.75) is 100 Å². The molecule has 0 aliphatic heterocycles. The van der Waals surface area contributed by atoms with Gasteiger partial charge in [0.05, 0.1) is 17.7 Å². The summed E-state index contributed by atoms with van der Waals surface area (Å²) in [5.74, 6) is -1.76. The number of carboxylic acid groups (broad SMARTS) is 4. The standard InChI is InChI=1S/C19H21NO4.2C12H16O3.C8H8O2/c1-4-16(24-17-9-8-12(2)10-13(17)3)18(21)20-15-7-5-6-14(11-15)19(22)23;1-9-5-6-11(10(2)8-9)15-7-3-4-12(13)14;1-4-10(12(13)14)15-11-6-5-8(2)7-9(11)3;1-6-2-4-7(5-3-6)8(9)10/h5-11,16H,4H2,1-3H3,(H,20,21)(H,22,23);5-6,8H,3-4,7H2,1-2H3,(H,13,14);5-7,10H,4H2,1-3H3,(H,13,14);2-5H,1H3,(H,9,10). The van der Waals surface area contributed by atoms with Gasteiger partial charge in [0, 0.05) is 12.1 Å². The summed E-state index contributed by atoms with van der Waals surface area (Å²) in [5.41, 5.74) is 8.46. The summed E-state index contributed by atoms with van der Waals surface area (Å²) in [6.07, 6.45) is 0.250. The summed E-state index contributed by atoms with van der Waals surface area (Å²) in [6.45, 7) is 17.9. The number of anilines is 1. The Kier molecular flexibility index (Phi) is 22.4. The maximum atomic E-state index is 12.4. The molecule has 13 nitrogen and oxygen atoms in total. The van der Waals surface area contributed by atoms with Gasteiger partial charge in [0.2, 0.25) is 0 Å². The lowest BCUT2D eigenvalue weighted by molar-refractivity contribution is -0.145. The lowest BCUT2D eigenvalue weighted by atomic mass is 10.1. The van der Waals surface area contributed by atoms with Crippen LogP contribution >= 0.6 is 0 Å². The number of carbonyl (C=O) groups is 5. The molecule has 5 aromatic rings. The zero-order valence-corrected chi connectivity index (χ0v) is 38.1. The molecule has 64 heavy (non-hydrogen) atoms. The molecule has 5 N–H and O–H groups in total. The number of rotatable bonds is 16. The van der Waals surface area contributed by atoms with E-state index in [2.05, 4.69) is 5.32 Å². The van der Waals surface area contributed by atoms with E-state index in [4.69, 9.17) is 34.6 Å². The average molecular weight is 880 g/mol. The Labute approximate surface area is 375 Å². The number of aromatic carboxylic acids is 2. The van der Waals surface area contributed by atoms with Gasteiger partial charge in [0.15, 0.2) is 12.2 Å². The van der Waals surface area contributed by atoms with Crippen LogP contribution in [0.1, 0.15) is 99.2 Å². The second kappa shape index (κ2) is 27.0. The number of amides is 1. The Morgan fingerprint density at radius 2 is 0.984 bits per heavy atom. The van der Waals surface area contributed by atoms with Crippen LogP contribution in [-0.4, -0.2) is 69.0 Å². The van der Waals surface area contributed by atoms with Crippen molar-refractivity contribution in [3.63, 3.8) is 0 Å². The summed E-state index contributed by atoms with van der Waals surface area (Å²) < 4.78 is 16.7. The first kappa shape index (κ1) is 53.0. The predicted octanol–water partition coefficient (Wildman–Crippen LogP) is 10.6. The van der Waals surface area contributed by atoms with Gasteiger partial charge in [-0.3, -0.25) is 9.59 Å². The van der Waals surface area contributed by atoms with Crippen molar-refractivity contribution in [1.82, 2.24) is 0 Å². The Morgan fingerprint density at radius 1 is 0.531 bits per heavy atom. The van der Waals surface area contributed by atoms with E-state index in [1.807, 2.05) is 110 Å². The molecule has 0 aromatic heterocycles. The second-order valence-electron chi connectivity index (χ2n) is 15.1. The molecule has 0 aliphatic rings. The van der Waals surface area contributed by atoms with Crippen LogP contribution < -0.4 is 19.5 Å². The SMILES string of the molecule is CCC(Oc1ccc(C)cc1C)C(=O)Nc1cccc(C(=O)O)c1.CCC(Oc1ccc(C)cc1C)C(=O)O.Cc1ccc(C(=O)O)cc1.Cc1ccc(OCCCC(=O)O)c(C)c1. The molecule has 0 saturated carbocycles. The number of hydrogen-bond donors (Lipinski definition) is 5. The molecule has 0 aliphatic carbocycles. The highest BCUT2D eigenvalue weighted by molar-refractivity contribution is 5.96. The van der Waals surface area contributed by atoms with Crippen LogP contribution in [0.25, 0.3) is 0 Å². The number of hydrogen-bond acceptors (Lipinski definition) is 8. The highest BCUT2D eigenvalue weighted by Gasteiger charge is 2.20. The van der Waals surface area contributed by atoms with Crippen molar-refractivity contribution < 1.29 is 58.6 Å². The largest absolute Gasteiger partial charge is 0.493 e. The van der Waals surface area contributed by atoms with E-state index < -0.39 is 36.1 Å². The first-order valence-electron chi connectivity index (χ1n) is 20.8. The van der Waals surface area contributed by atoms with Crippen molar-refractivity contribution in [2.75, 3.05) is 11.9 Å². The molecule has 1 amide bonds. The van der Waals surface area contributed by atoms with Crippen LogP contribution in [0.3, 0.4) is 0 Å². The zero-order valence-electron chi connectivity index (χ0n) is 38.1. The fourth-order valence-corrected chi connectivity index (χ4v) is 5.82. The molecular weight excluding hydrogens is 819 g/mol. The maximum absolute atomic E-state index is 12.4. The van der Waals surface area contributed by atoms with Crippen LogP contribution in [0.2, 0.25) is 0 Å². The first-order chi connectivity index (χ1) is 30.2. The van der Waals surface area contributed by atoms with Crippen molar-refractivity contribution in [2.24, 2.45) is 0 Å². The van der Waals surface area contributed by atoms with E-state index >= 15 is 0 Å². The van der Waals surface area contributed by atoms with Gasteiger partial charge >= 0.3 is 23.9 Å². The van der Waals surface area contributed by atoms with Crippen molar-refractivity contribution >= 4 is 35.5 Å². The smallest absolute Gasteiger partial charge is 0.344 e. The third kappa shape index (κ3) is 19.3. The zero-order chi connectivity index (χ0) is 47.9. The third-order valence-corrected chi connectivity index (χ3v) is 9.31.